The van der Waals surface area contributed by atoms with Gasteiger partial charge in [-0.1, -0.05) is 36.4 Å². The maximum atomic E-state index is 13.0. The minimum absolute atomic E-state index is 0.0970. The number of aromatic amines is 1. The molecule has 5 rings (SSSR count). The number of amides is 1. The lowest BCUT2D eigenvalue weighted by atomic mass is 10.1. The van der Waals surface area contributed by atoms with Gasteiger partial charge in [-0.3, -0.25) is 4.79 Å². The second-order valence-corrected chi connectivity index (χ2v) is 7.34. The van der Waals surface area contributed by atoms with E-state index in [1.54, 1.807) is 0 Å². The molecule has 1 N–H and O–H groups in total. The van der Waals surface area contributed by atoms with Crippen molar-refractivity contribution in [2.75, 3.05) is 31.1 Å². The van der Waals surface area contributed by atoms with E-state index in [1.165, 1.54) is 10.9 Å². The van der Waals surface area contributed by atoms with Crippen molar-refractivity contribution in [2.45, 2.75) is 6.92 Å². The number of hydrogen-bond acceptors (Lipinski definition) is 3. The molecule has 0 bridgehead atoms. The SMILES string of the molecule is Cc1cc(N2CCN(C(=O)c3c[nH]c4ccccc34)CC2)nc2ccccc12. The van der Waals surface area contributed by atoms with Gasteiger partial charge in [0.25, 0.3) is 5.91 Å². The molecule has 28 heavy (non-hydrogen) atoms. The molecule has 0 aliphatic carbocycles. The van der Waals surface area contributed by atoms with Gasteiger partial charge in [-0.15, -0.1) is 0 Å². The first-order chi connectivity index (χ1) is 13.7. The molecule has 1 aliphatic heterocycles. The zero-order valence-corrected chi connectivity index (χ0v) is 15.9. The molecule has 5 nitrogen and oxygen atoms in total. The maximum absolute atomic E-state index is 13.0. The highest BCUT2D eigenvalue weighted by Gasteiger charge is 2.24. The Morgan fingerprint density at radius 2 is 1.68 bits per heavy atom. The van der Waals surface area contributed by atoms with E-state index in [0.717, 1.165) is 40.9 Å². The molecule has 1 aliphatic rings. The molecule has 1 saturated heterocycles. The smallest absolute Gasteiger partial charge is 0.256 e. The van der Waals surface area contributed by atoms with Gasteiger partial charge in [0.2, 0.25) is 0 Å². The Labute approximate surface area is 163 Å². The average Bonchev–Trinajstić information content (AvgIpc) is 3.17. The van der Waals surface area contributed by atoms with Crippen LogP contribution < -0.4 is 4.90 Å². The number of carbonyl (C=O) groups excluding carboxylic acids is 1. The van der Waals surface area contributed by atoms with Crippen LogP contribution in [0.2, 0.25) is 0 Å². The number of hydrogen-bond donors (Lipinski definition) is 1. The van der Waals surface area contributed by atoms with Crippen LogP contribution in [0, 0.1) is 6.92 Å². The lowest BCUT2D eigenvalue weighted by molar-refractivity contribution is 0.0748. The standard InChI is InChI=1S/C23H22N4O/c1-16-14-22(25-21-9-5-2-6-17(16)21)26-10-12-27(13-11-26)23(28)19-15-24-20-8-4-3-7-18(19)20/h2-9,14-15,24H,10-13H2,1H3. The van der Waals surface area contributed by atoms with E-state index < -0.39 is 0 Å². The number of para-hydroxylation sites is 2. The minimum Gasteiger partial charge on any atom is -0.360 e. The predicted octanol–water partition coefficient (Wildman–Crippen LogP) is 3.99. The third kappa shape index (κ3) is 2.80. The van der Waals surface area contributed by atoms with E-state index >= 15 is 0 Å². The van der Waals surface area contributed by atoms with Crippen molar-refractivity contribution in [3.63, 3.8) is 0 Å². The number of aryl methyl sites for hydroxylation is 1. The first-order valence-electron chi connectivity index (χ1n) is 9.67. The topological polar surface area (TPSA) is 52.2 Å². The fraction of sp³-hybridized carbons (Fsp3) is 0.217. The molecule has 5 heteroatoms. The molecule has 3 heterocycles. The molecule has 4 aromatic rings. The lowest BCUT2D eigenvalue weighted by Gasteiger charge is -2.35. The molecule has 140 valence electrons. The van der Waals surface area contributed by atoms with Crippen molar-refractivity contribution >= 4 is 33.5 Å². The van der Waals surface area contributed by atoms with Gasteiger partial charge in [-0.2, -0.15) is 0 Å². The van der Waals surface area contributed by atoms with E-state index in [4.69, 9.17) is 4.98 Å². The van der Waals surface area contributed by atoms with E-state index in [-0.39, 0.29) is 5.91 Å². The highest BCUT2D eigenvalue weighted by molar-refractivity contribution is 6.06. The van der Waals surface area contributed by atoms with Crippen LogP contribution >= 0.6 is 0 Å². The van der Waals surface area contributed by atoms with Gasteiger partial charge in [0.1, 0.15) is 5.82 Å². The van der Waals surface area contributed by atoms with Crippen molar-refractivity contribution < 1.29 is 4.79 Å². The summed E-state index contributed by atoms with van der Waals surface area (Å²) in [4.78, 5) is 25.3. The number of H-pyrrole nitrogens is 1. The first-order valence-corrected chi connectivity index (χ1v) is 9.67. The van der Waals surface area contributed by atoms with E-state index in [0.29, 0.717) is 13.1 Å². The molecule has 2 aromatic carbocycles. The number of benzene rings is 2. The van der Waals surface area contributed by atoms with Crippen molar-refractivity contribution in [2.24, 2.45) is 0 Å². The van der Waals surface area contributed by atoms with Crippen LogP contribution in [0.4, 0.5) is 5.82 Å². The molecule has 0 spiro atoms. The number of nitrogens with one attached hydrogen (secondary N) is 1. The number of aromatic nitrogens is 2. The van der Waals surface area contributed by atoms with Crippen LogP contribution in [-0.4, -0.2) is 47.0 Å². The van der Waals surface area contributed by atoms with Gasteiger partial charge < -0.3 is 14.8 Å². The summed E-state index contributed by atoms with van der Waals surface area (Å²) >= 11 is 0. The van der Waals surface area contributed by atoms with Gasteiger partial charge in [-0.25, -0.2) is 4.98 Å². The average molecular weight is 370 g/mol. The molecular formula is C23H22N4O. The van der Waals surface area contributed by atoms with Crippen LogP contribution in [-0.2, 0) is 0 Å². The number of carbonyl (C=O) groups is 1. The number of piperazine rings is 1. The Morgan fingerprint density at radius 3 is 2.50 bits per heavy atom. The maximum Gasteiger partial charge on any atom is 0.256 e. The van der Waals surface area contributed by atoms with Gasteiger partial charge in [0.05, 0.1) is 11.1 Å². The predicted molar refractivity (Wildman–Crippen MR) is 113 cm³/mol. The third-order valence-corrected chi connectivity index (χ3v) is 5.62. The summed E-state index contributed by atoms with van der Waals surface area (Å²) in [5, 5.41) is 2.18. The molecular weight excluding hydrogens is 348 g/mol. The summed E-state index contributed by atoms with van der Waals surface area (Å²) in [6.07, 6.45) is 1.83. The number of fused-ring (bicyclic) bond motifs is 2. The Balaban J connectivity index is 1.34. The summed E-state index contributed by atoms with van der Waals surface area (Å²) in [6, 6.07) is 18.3. The largest absolute Gasteiger partial charge is 0.360 e. The Morgan fingerprint density at radius 1 is 0.964 bits per heavy atom. The zero-order valence-electron chi connectivity index (χ0n) is 15.9. The summed E-state index contributed by atoms with van der Waals surface area (Å²) in [6.45, 7) is 5.11. The quantitative estimate of drug-likeness (QED) is 0.581. The molecule has 1 fully saturated rings. The Kier molecular flexibility index (Phi) is 4.01. The van der Waals surface area contributed by atoms with Crippen molar-refractivity contribution in [3.8, 4) is 0 Å². The molecule has 1 amide bonds. The highest BCUT2D eigenvalue weighted by atomic mass is 16.2. The van der Waals surface area contributed by atoms with E-state index in [9.17, 15) is 4.79 Å². The summed E-state index contributed by atoms with van der Waals surface area (Å²) < 4.78 is 0. The van der Waals surface area contributed by atoms with Gasteiger partial charge in [0.15, 0.2) is 0 Å². The zero-order chi connectivity index (χ0) is 19.1. The normalized spacial score (nSPS) is 14.8. The number of nitrogens with zero attached hydrogens (tertiary/aromatic N) is 3. The molecule has 0 saturated carbocycles. The van der Waals surface area contributed by atoms with Gasteiger partial charge in [-0.05, 0) is 30.7 Å². The van der Waals surface area contributed by atoms with Crippen molar-refractivity contribution in [1.29, 1.82) is 0 Å². The van der Waals surface area contributed by atoms with E-state index in [1.807, 2.05) is 47.5 Å². The number of anilines is 1. The Bertz CT molecular complexity index is 1170. The van der Waals surface area contributed by atoms with Crippen LogP contribution in [0.15, 0.2) is 60.8 Å². The van der Waals surface area contributed by atoms with Crippen molar-refractivity contribution in [3.05, 3.63) is 71.9 Å². The molecule has 0 radical (unpaired) electrons. The highest BCUT2D eigenvalue weighted by Crippen LogP contribution is 2.24. The third-order valence-electron chi connectivity index (χ3n) is 5.62. The number of rotatable bonds is 2. The number of pyridine rings is 1. The Hall–Kier alpha value is -3.34. The molecule has 0 unspecified atom stereocenters. The van der Waals surface area contributed by atoms with E-state index in [2.05, 4.69) is 35.0 Å². The van der Waals surface area contributed by atoms with Crippen LogP contribution in [0.3, 0.4) is 0 Å². The summed E-state index contributed by atoms with van der Waals surface area (Å²) in [7, 11) is 0. The van der Waals surface area contributed by atoms with Crippen LogP contribution in [0.5, 0.6) is 0 Å². The molecule has 2 aromatic heterocycles. The fourth-order valence-electron chi connectivity index (χ4n) is 4.05. The summed E-state index contributed by atoms with van der Waals surface area (Å²) in [5.41, 5.74) is 4.01. The monoisotopic (exact) mass is 370 g/mol. The fourth-order valence-corrected chi connectivity index (χ4v) is 4.05. The second-order valence-electron chi connectivity index (χ2n) is 7.34. The second kappa shape index (κ2) is 6.68. The lowest BCUT2D eigenvalue weighted by Crippen LogP contribution is -2.49. The van der Waals surface area contributed by atoms with Crippen LogP contribution in [0.25, 0.3) is 21.8 Å². The molecule has 0 atom stereocenters. The minimum atomic E-state index is 0.0970. The summed E-state index contributed by atoms with van der Waals surface area (Å²) in [5.74, 6) is 1.09. The van der Waals surface area contributed by atoms with Gasteiger partial charge in [0, 0.05) is 48.7 Å². The van der Waals surface area contributed by atoms with Crippen molar-refractivity contribution in [1.82, 2.24) is 14.9 Å². The van der Waals surface area contributed by atoms with Gasteiger partial charge >= 0.3 is 0 Å². The van der Waals surface area contributed by atoms with Crippen LogP contribution in [0.1, 0.15) is 15.9 Å². The first kappa shape index (κ1) is 16.8.